The number of halogens is 3. The maximum Gasteiger partial charge on any atom is 0.416 e. The highest BCUT2D eigenvalue weighted by Crippen LogP contribution is 2.40. The molecule has 1 aliphatic heterocycles. The smallest absolute Gasteiger partial charge is 0.416 e. The number of aromatic amines is 1. The number of phenolic OH excluding ortho intramolecular Hbond substituents is 1. The Hall–Kier alpha value is -3.75. The van der Waals surface area contributed by atoms with Crippen LogP contribution in [0.5, 0.6) is 5.75 Å². The third-order valence-corrected chi connectivity index (χ3v) is 5.22. The summed E-state index contributed by atoms with van der Waals surface area (Å²) in [5, 5.41) is 9.75. The number of phenols is 1. The van der Waals surface area contributed by atoms with Crippen LogP contribution in [0.3, 0.4) is 0 Å². The van der Waals surface area contributed by atoms with Crippen molar-refractivity contribution in [3.63, 3.8) is 0 Å². The number of H-pyrrole nitrogens is 1. The Morgan fingerprint density at radius 2 is 1.58 bits per heavy atom. The third kappa shape index (κ3) is 3.63. The summed E-state index contributed by atoms with van der Waals surface area (Å²) >= 11 is 0. The number of hydrogen-bond donors (Lipinski definition) is 2. The van der Waals surface area contributed by atoms with Crippen LogP contribution in [0.15, 0.2) is 53.3 Å². The predicted molar refractivity (Wildman–Crippen MR) is 110 cm³/mol. The van der Waals surface area contributed by atoms with Crippen molar-refractivity contribution in [3.8, 4) is 5.75 Å². The van der Waals surface area contributed by atoms with Crippen molar-refractivity contribution in [3.05, 3.63) is 81.3 Å². The molecule has 1 amide bonds. The second-order valence-electron chi connectivity index (χ2n) is 7.34. The van der Waals surface area contributed by atoms with Gasteiger partial charge in [-0.25, -0.2) is 0 Å². The highest BCUT2D eigenvalue weighted by molar-refractivity contribution is 6.13. The summed E-state index contributed by atoms with van der Waals surface area (Å²) in [4.78, 5) is 30.5. The van der Waals surface area contributed by atoms with Crippen LogP contribution in [0.4, 0.5) is 30.2 Å². The number of aromatic hydroxyl groups is 1. The molecule has 6 nitrogen and oxygen atoms in total. The Morgan fingerprint density at radius 1 is 0.903 bits per heavy atom. The van der Waals surface area contributed by atoms with Crippen LogP contribution in [0, 0.1) is 13.8 Å². The minimum absolute atomic E-state index is 0.00962. The number of nitrogens with zero attached hydrogens (tertiary/aromatic N) is 2. The Bertz CT molecular complexity index is 1250. The summed E-state index contributed by atoms with van der Waals surface area (Å²) in [5.74, 6) is -0.556. The van der Waals surface area contributed by atoms with E-state index in [1.165, 1.54) is 35.2 Å². The summed E-state index contributed by atoms with van der Waals surface area (Å²) in [5.41, 5.74) is 1.03. The first-order valence-electron chi connectivity index (χ1n) is 9.36. The van der Waals surface area contributed by atoms with E-state index in [4.69, 9.17) is 0 Å². The van der Waals surface area contributed by atoms with Gasteiger partial charge in [0.15, 0.2) is 0 Å². The molecule has 0 saturated carbocycles. The van der Waals surface area contributed by atoms with Gasteiger partial charge in [-0.15, -0.1) is 0 Å². The number of benzene rings is 2. The highest BCUT2D eigenvalue weighted by Gasteiger charge is 2.37. The van der Waals surface area contributed by atoms with Crippen LogP contribution in [-0.2, 0) is 6.18 Å². The van der Waals surface area contributed by atoms with Crippen LogP contribution in [-0.4, -0.2) is 22.7 Å². The van der Waals surface area contributed by atoms with Crippen molar-refractivity contribution in [1.82, 2.24) is 4.98 Å². The Morgan fingerprint density at radius 3 is 2.23 bits per heavy atom. The van der Waals surface area contributed by atoms with Gasteiger partial charge < -0.3 is 15.0 Å². The number of aromatic nitrogens is 1. The summed E-state index contributed by atoms with van der Waals surface area (Å²) in [6, 6.07) is 10.4. The molecule has 0 fully saturated rings. The number of hydrogen-bond acceptors (Lipinski definition) is 4. The lowest BCUT2D eigenvalue weighted by atomic mass is 10.0. The van der Waals surface area contributed by atoms with E-state index in [-0.39, 0.29) is 23.5 Å². The molecule has 1 aromatic heterocycles. The zero-order valence-electron chi connectivity index (χ0n) is 16.6. The number of fused-ring (bicyclic) bond motifs is 1. The van der Waals surface area contributed by atoms with Crippen LogP contribution in [0.25, 0.3) is 0 Å². The lowest BCUT2D eigenvalue weighted by molar-refractivity contribution is -0.137. The predicted octanol–water partition coefficient (Wildman–Crippen LogP) is 4.47. The quantitative estimate of drug-likeness (QED) is 0.630. The first-order chi connectivity index (χ1) is 14.6. The number of nitrogens with one attached hydrogen (secondary N) is 1. The average Bonchev–Trinajstić information content (AvgIpc) is 2.68. The van der Waals surface area contributed by atoms with E-state index in [0.29, 0.717) is 28.3 Å². The Kier molecular flexibility index (Phi) is 4.76. The van der Waals surface area contributed by atoms with Crippen LogP contribution in [0.2, 0.25) is 0 Å². The number of carbonyl (C=O) groups excluding carboxylic acids is 1. The molecule has 0 radical (unpaired) electrons. The molecule has 31 heavy (non-hydrogen) atoms. The van der Waals surface area contributed by atoms with E-state index in [1.807, 2.05) is 0 Å². The van der Waals surface area contributed by atoms with Gasteiger partial charge >= 0.3 is 6.18 Å². The molecule has 2 aromatic carbocycles. The van der Waals surface area contributed by atoms with Crippen molar-refractivity contribution < 1.29 is 23.1 Å². The maximum absolute atomic E-state index is 13.3. The maximum atomic E-state index is 13.3. The highest BCUT2D eigenvalue weighted by atomic mass is 19.4. The van der Waals surface area contributed by atoms with Crippen LogP contribution < -0.4 is 15.4 Å². The number of rotatable bonds is 2. The topological polar surface area (TPSA) is 76.6 Å². The molecule has 1 aliphatic rings. The molecule has 2 N–H and O–H groups in total. The monoisotopic (exact) mass is 429 g/mol. The molecular weight excluding hydrogens is 411 g/mol. The molecule has 3 aromatic rings. The number of aryl methyl sites for hydroxylation is 2. The SMILES string of the molecule is Cc1cc(O)ccc1N1CN(c2ccc(=O)[nH]c2C)C(=O)c2cc(C(F)(F)F)ccc21. The molecular formula is C22H18F3N3O3. The fourth-order valence-electron chi connectivity index (χ4n) is 3.74. The first kappa shape index (κ1) is 20.5. The second-order valence-corrected chi connectivity index (χ2v) is 7.34. The minimum Gasteiger partial charge on any atom is -0.508 e. The van der Waals surface area contributed by atoms with Gasteiger partial charge in [-0.3, -0.25) is 14.5 Å². The molecule has 160 valence electrons. The molecule has 4 rings (SSSR count). The summed E-state index contributed by atoms with van der Waals surface area (Å²) < 4.78 is 40.0. The van der Waals surface area contributed by atoms with E-state index >= 15 is 0 Å². The molecule has 9 heteroatoms. The summed E-state index contributed by atoms with van der Waals surface area (Å²) in [6.45, 7) is 3.38. The number of carbonyl (C=O) groups is 1. The van der Waals surface area contributed by atoms with Gasteiger partial charge in [0.25, 0.3) is 5.91 Å². The number of pyridine rings is 1. The second kappa shape index (κ2) is 7.19. The minimum atomic E-state index is -4.61. The normalized spacial score (nSPS) is 14.0. The number of amides is 1. The van der Waals surface area contributed by atoms with Gasteiger partial charge in [0, 0.05) is 17.4 Å². The van der Waals surface area contributed by atoms with Crippen molar-refractivity contribution in [2.24, 2.45) is 0 Å². The zero-order chi connectivity index (χ0) is 22.5. The largest absolute Gasteiger partial charge is 0.508 e. The van der Waals surface area contributed by atoms with E-state index < -0.39 is 17.6 Å². The summed E-state index contributed by atoms with van der Waals surface area (Å²) in [7, 11) is 0. The van der Waals surface area contributed by atoms with Gasteiger partial charge in [-0.05, 0) is 61.9 Å². The van der Waals surface area contributed by atoms with Gasteiger partial charge in [0.1, 0.15) is 12.4 Å². The Labute approximate surface area is 175 Å². The first-order valence-corrected chi connectivity index (χ1v) is 9.36. The molecule has 0 spiro atoms. The molecule has 0 atom stereocenters. The molecule has 2 heterocycles. The number of anilines is 3. The average molecular weight is 429 g/mol. The van der Waals surface area contributed by atoms with Crippen LogP contribution in [0.1, 0.15) is 27.2 Å². The van der Waals surface area contributed by atoms with Crippen molar-refractivity contribution in [2.75, 3.05) is 16.5 Å². The van der Waals surface area contributed by atoms with Crippen molar-refractivity contribution in [1.29, 1.82) is 0 Å². The fourth-order valence-corrected chi connectivity index (χ4v) is 3.74. The van der Waals surface area contributed by atoms with Gasteiger partial charge in [0.2, 0.25) is 5.56 Å². The van der Waals surface area contributed by atoms with E-state index in [2.05, 4.69) is 4.98 Å². The van der Waals surface area contributed by atoms with Crippen molar-refractivity contribution >= 4 is 23.0 Å². The third-order valence-electron chi connectivity index (χ3n) is 5.22. The van der Waals surface area contributed by atoms with E-state index in [1.54, 1.807) is 24.8 Å². The standard InChI is InChI=1S/C22H18F3N3O3/c1-12-9-15(29)4-6-17(12)27-11-28(18-7-8-20(30)26-13(18)2)21(31)16-10-14(22(23,24)25)3-5-19(16)27/h3-10,29H,11H2,1-2H3,(H,26,30). The van der Waals surface area contributed by atoms with Gasteiger partial charge in [-0.2, -0.15) is 13.2 Å². The molecule has 0 saturated heterocycles. The lowest BCUT2D eigenvalue weighted by Gasteiger charge is -2.39. The van der Waals surface area contributed by atoms with E-state index in [0.717, 1.165) is 12.1 Å². The number of alkyl halides is 3. The van der Waals surface area contributed by atoms with Crippen molar-refractivity contribution in [2.45, 2.75) is 20.0 Å². The van der Waals surface area contributed by atoms with Gasteiger partial charge in [-0.1, -0.05) is 0 Å². The molecule has 0 unspecified atom stereocenters. The molecule has 0 aliphatic carbocycles. The Balaban J connectivity index is 1.93. The van der Waals surface area contributed by atoms with E-state index in [9.17, 15) is 27.9 Å². The molecule has 0 bridgehead atoms. The summed E-state index contributed by atoms with van der Waals surface area (Å²) in [6.07, 6.45) is -4.61. The fraction of sp³-hybridized carbons (Fsp3) is 0.182. The van der Waals surface area contributed by atoms with Crippen LogP contribution >= 0.6 is 0 Å². The van der Waals surface area contributed by atoms with Gasteiger partial charge in [0.05, 0.1) is 22.5 Å². The lowest BCUT2D eigenvalue weighted by Crippen LogP contribution is -2.45. The zero-order valence-corrected chi connectivity index (χ0v) is 16.6.